The number of hydrogen-bond donors (Lipinski definition) is 1. The number of nitrogens with one attached hydrogen (secondary N) is 1. The van der Waals surface area contributed by atoms with Crippen molar-refractivity contribution >= 4 is 6.08 Å². The molecule has 0 unspecified atom stereocenters. The average molecular weight is 239 g/mol. The Morgan fingerprint density at radius 2 is 1.89 bits per heavy atom. The molecule has 1 N–H and O–H groups in total. The fraction of sp³-hybridized carbons (Fsp3) is 0.125. The van der Waals surface area contributed by atoms with E-state index in [-0.39, 0.29) is 0 Å². The summed E-state index contributed by atoms with van der Waals surface area (Å²) < 4.78 is 5.76. The highest BCUT2D eigenvalue weighted by atomic mass is 16.5. The maximum Gasteiger partial charge on any atom is 0.120 e. The Bertz CT molecular complexity index is 506. The average Bonchev–Trinajstić information content (AvgIpc) is 2.44. The Morgan fingerprint density at radius 3 is 2.67 bits per heavy atom. The van der Waals surface area contributed by atoms with Crippen LogP contribution in [0.1, 0.15) is 11.1 Å². The first-order valence-electron chi connectivity index (χ1n) is 5.99. The van der Waals surface area contributed by atoms with Crippen molar-refractivity contribution in [2.75, 3.05) is 7.05 Å². The standard InChI is InChI=1S/C16H17NO/c1-17-11-10-14-8-5-9-16(12-14)18-13-15-6-3-2-4-7-15/h2-12,17H,13H2,1H3. The Kier molecular flexibility index (Phi) is 4.42. The van der Waals surface area contributed by atoms with Crippen LogP contribution < -0.4 is 10.1 Å². The van der Waals surface area contributed by atoms with E-state index in [0.717, 1.165) is 11.3 Å². The molecule has 0 aromatic heterocycles. The normalized spacial score (nSPS) is 10.5. The molecule has 0 heterocycles. The van der Waals surface area contributed by atoms with Gasteiger partial charge in [0.05, 0.1) is 0 Å². The second-order valence-electron chi connectivity index (χ2n) is 3.97. The van der Waals surface area contributed by atoms with Crippen LogP contribution in [-0.2, 0) is 6.61 Å². The van der Waals surface area contributed by atoms with Crippen LogP contribution in [0.3, 0.4) is 0 Å². The van der Waals surface area contributed by atoms with Crippen molar-refractivity contribution in [3.8, 4) is 5.75 Å². The second kappa shape index (κ2) is 6.50. The fourth-order valence-corrected chi connectivity index (χ4v) is 1.63. The SMILES string of the molecule is CNC=Cc1cccc(OCc2ccccc2)c1. The number of hydrogen-bond acceptors (Lipinski definition) is 2. The van der Waals surface area contributed by atoms with Gasteiger partial charge in [0.1, 0.15) is 12.4 Å². The van der Waals surface area contributed by atoms with Gasteiger partial charge in [0, 0.05) is 7.05 Å². The van der Waals surface area contributed by atoms with E-state index in [4.69, 9.17) is 4.74 Å². The minimum Gasteiger partial charge on any atom is -0.489 e. The zero-order chi connectivity index (χ0) is 12.6. The van der Waals surface area contributed by atoms with Gasteiger partial charge in [-0.15, -0.1) is 0 Å². The molecule has 0 saturated heterocycles. The molecule has 0 radical (unpaired) electrons. The smallest absolute Gasteiger partial charge is 0.120 e. The van der Waals surface area contributed by atoms with E-state index in [0.29, 0.717) is 6.61 Å². The summed E-state index contributed by atoms with van der Waals surface area (Å²) >= 11 is 0. The Labute approximate surface area is 108 Å². The maximum absolute atomic E-state index is 5.76. The minimum absolute atomic E-state index is 0.597. The van der Waals surface area contributed by atoms with Crippen molar-refractivity contribution in [3.05, 3.63) is 71.9 Å². The second-order valence-corrected chi connectivity index (χ2v) is 3.97. The molecule has 0 saturated carbocycles. The van der Waals surface area contributed by atoms with Gasteiger partial charge in [-0.25, -0.2) is 0 Å². The molecule has 2 nitrogen and oxygen atoms in total. The highest BCUT2D eigenvalue weighted by molar-refractivity contribution is 5.51. The van der Waals surface area contributed by atoms with Gasteiger partial charge in [0.15, 0.2) is 0 Å². The molecule has 2 aromatic rings. The molecule has 0 aliphatic rings. The molecule has 2 heteroatoms. The van der Waals surface area contributed by atoms with E-state index in [2.05, 4.69) is 17.4 Å². The topological polar surface area (TPSA) is 21.3 Å². The Balaban J connectivity index is 1.99. The molecule has 92 valence electrons. The van der Waals surface area contributed by atoms with Crippen molar-refractivity contribution in [3.63, 3.8) is 0 Å². The predicted octanol–water partition coefficient (Wildman–Crippen LogP) is 3.46. The van der Waals surface area contributed by atoms with Gasteiger partial charge in [-0.05, 0) is 35.5 Å². The fourth-order valence-electron chi connectivity index (χ4n) is 1.63. The lowest BCUT2D eigenvalue weighted by atomic mass is 10.2. The van der Waals surface area contributed by atoms with Crippen LogP contribution in [0, 0.1) is 0 Å². The summed E-state index contributed by atoms with van der Waals surface area (Å²) in [6.45, 7) is 0.597. The van der Waals surface area contributed by atoms with Crippen LogP contribution in [0.15, 0.2) is 60.8 Å². The zero-order valence-corrected chi connectivity index (χ0v) is 10.5. The Morgan fingerprint density at radius 1 is 1.06 bits per heavy atom. The van der Waals surface area contributed by atoms with Crippen LogP contribution in [-0.4, -0.2) is 7.05 Å². The van der Waals surface area contributed by atoms with Crippen molar-refractivity contribution in [1.82, 2.24) is 5.32 Å². The molecular formula is C16H17NO. The van der Waals surface area contributed by atoms with Crippen molar-refractivity contribution in [2.45, 2.75) is 6.61 Å². The van der Waals surface area contributed by atoms with Gasteiger partial charge in [-0.3, -0.25) is 0 Å². The summed E-state index contributed by atoms with van der Waals surface area (Å²) in [7, 11) is 1.88. The molecule has 0 aliphatic carbocycles. The minimum atomic E-state index is 0.597. The van der Waals surface area contributed by atoms with Crippen molar-refractivity contribution in [2.24, 2.45) is 0 Å². The van der Waals surface area contributed by atoms with Gasteiger partial charge in [-0.1, -0.05) is 42.5 Å². The third-order valence-electron chi connectivity index (χ3n) is 2.55. The highest BCUT2D eigenvalue weighted by Gasteiger charge is 1.96. The van der Waals surface area contributed by atoms with E-state index in [1.54, 1.807) is 0 Å². The molecule has 0 atom stereocenters. The summed E-state index contributed by atoms with van der Waals surface area (Å²) in [4.78, 5) is 0. The molecule has 0 spiro atoms. The first kappa shape index (κ1) is 12.2. The molecular weight excluding hydrogens is 222 g/mol. The van der Waals surface area contributed by atoms with E-state index in [9.17, 15) is 0 Å². The summed E-state index contributed by atoms with van der Waals surface area (Å²) in [5.74, 6) is 0.886. The number of benzene rings is 2. The van der Waals surface area contributed by atoms with Gasteiger partial charge in [0.25, 0.3) is 0 Å². The van der Waals surface area contributed by atoms with Crippen molar-refractivity contribution in [1.29, 1.82) is 0 Å². The number of ether oxygens (including phenoxy) is 1. The first-order valence-corrected chi connectivity index (χ1v) is 5.99. The molecule has 0 bridgehead atoms. The zero-order valence-electron chi connectivity index (χ0n) is 10.5. The molecule has 0 amide bonds. The van der Waals surface area contributed by atoms with Gasteiger partial charge in [0.2, 0.25) is 0 Å². The predicted molar refractivity (Wildman–Crippen MR) is 75.3 cm³/mol. The summed E-state index contributed by atoms with van der Waals surface area (Å²) in [5, 5.41) is 2.97. The molecule has 2 aromatic carbocycles. The lowest BCUT2D eigenvalue weighted by Crippen LogP contribution is -1.95. The quantitative estimate of drug-likeness (QED) is 0.862. The lowest BCUT2D eigenvalue weighted by Gasteiger charge is -2.06. The van der Waals surface area contributed by atoms with Gasteiger partial charge < -0.3 is 10.1 Å². The molecule has 18 heavy (non-hydrogen) atoms. The third-order valence-corrected chi connectivity index (χ3v) is 2.55. The van der Waals surface area contributed by atoms with E-state index in [1.807, 2.05) is 61.8 Å². The maximum atomic E-state index is 5.76. The van der Waals surface area contributed by atoms with Crippen LogP contribution >= 0.6 is 0 Å². The van der Waals surface area contributed by atoms with Gasteiger partial charge >= 0.3 is 0 Å². The number of rotatable bonds is 5. The van der Waals surface area contributed by atoms with E-state index >= 15 is 0 Å². The molecule has 0 aliphatic heterocycles. The molecule has 0 fully saturated rings. The molecule has 2 rings (SSSR count). The van der Waals surface area contributed by atoms with Crippen LogP contribution in [0.2, 0.25) is 0 Å². The highest BCUT2D eigenvalue weighted by Crippen LogP contribution is 2.16. The van der Waals surface area contributed by atoms with Crippen LogP contribution in [0.25, 0.3) is 6.08 Å². The summed E-state index contributed by atoms with van der Waals surface area (Å²) in [6, 6.07) is 18.2. The largest absolute Gasteiger partial charge is 0.489 e. The van der Waals surface area contributed by atoms with E-state index in [1.165, 1.54) is 5.56 Å². The first-order chi connectivity index (χ1) is 8.88. The Hall–Kier alpha value is -2.22. The van der Waals surface area contributed by atoms with Crippen molar-refractivity contribution < 1.29 is 4.74 Å². The summed E-state index contributed by atoms with van der Waals surface area (Å²) in [6.07, 6.45) is 3.91. The summed E-state index contributed by atoms with van der Waals surface area (Å²) in [5.41, 5.74) is 2.29. The van der Waals surface area contributed by atoms with E-state index < -0.39 is 0 Å². The van der Waals surface area contributed by atoms with Crippen LogP contribution in [0.5, 0.6) is 5.75 Å². The third kappa shape index (κ3) is 3.67. The lowest BCUT2D eigenvalue weighted by molar-refractivity contribution is 0.306. The van der Waals surface area contributed by atoms with Crippen LogP contribution in [0.4, 0.5) is 0 Å². The van der Waals surface area contributed by atoms with Gasteiger partial charge in [-0.2, -0.15) is 0 Å². The monoisotopic (exact) mass is 239 g/mol.